The molecule has 11 heavy (non-hydrogen) atoms. The van der Waals surface area contributed by atoms with E-state index in [9.17, 15) is 0 Å². The maximum atomic E-state index is 5.81. The van der Waals surface area contributed by atoms with Crippen LogP contribution in [0.5, 0.6) is 0 Å². The molecule has 0 aromatic carbocycles. The summed E-state index contributed by atoms with van der Waals surface area (Å²) in [5, 5.41) is 0. The lowest BCUT2D eigenvalue weighted by atomic mass is 9.77. The van der Waals surface area contributed by atoms with Crippen molar-refractivity contribution in [2.45, 2.75) is 34.1 Å². The second kappa shape index (κ2) is 4.00. The van der Waals surface area contributed by atoms with Crippen molar-refractivity contribution in [1.82, 2.24) is 0 Å². The van der Waals surface area contributed by atoms with Gasteiger partial charge in [-0.05, 0) is 17.3 Å². The van der Waals surface area contributed by atoms with Crippen LogP contribution in [0.1, 0.15) is 34.1 Å². The van der Waals surface area contributed by atoms with Crippen LogP contribution >= 0.6 is 23.2 Å². The van der Waals surface area contributed by atoms with Gasteiger partial charge in [-0.15, -0.1) is 23.2 Å². The largest absolute Gasteiger partial charge is 0.126 e. The lowest BCUT2D eigenvalue weighted by molar-refractivity contribution is 0.240. The Balaban J connectivity index is 4.02. The van der Waals surface area contributed by atoms with Gasteiger partial charge in [-0.25, -0.2) is 0 Å². The maximum Gasteiger partial charge on any atom is 0.0274 e. The van der Waals surface area contributed by atoms with Gasteiger partial charge in [0, 0.05) is 11.8 Å². The lowest BCUT2D eigenvalue weighted by Crippen LogP contribution is -2.25. The number of alkyl halides is 2. The normalized spacial score (nSPS) is 13.6. The van der Waals surface area contributed by atoms with E-state index in [1.807, 2.05) is 0 Å². The fraction of sp³-hybridized carbons (Fsp3) is 1.00. The van der Waals surface area contributed by atoms with E-state index in [-0.39, 0.29) is 10.8 Å². The summed E-state index contributed by atoms with van der Waals surface area (Å²) in [6.45, 7) is 8.70. The fourth-order valence-electron chi connectivity index (χ4n) is 1.39. The van der Waals surface area contributed by atoms with Gasteiger partial charge in [-0.2, -0.15) is 0 Å². The molecule has 0 spiro atoms. The minimum Gasteiger partial charge on any atom is -0.126 e. The van der Waals surface area contributed by atoms with Crippen LogP contribution < -0.4 is 0 Å². The van der Waals surface area contributed by atoms with Crippen molar-refractivity contribution in [3.05, 3.63) is 0 Å². The molecule has 68 valence electrons. The maximum absolute atomic E-state index is 5.81. The molecule has 0 nitrogen and oxygen atoms in total. The fourth-order valence-corrected chi connectivity index (χ4v) is 1.58. The zero-order chi connectivity index (χ0) is 9.12. The molecule has 0 fully saturated rings. The van der Waals surface area contributed by atoms with Gasteiger partial charge < -0.3 is 0 Å². The predicted octanol–water partition coefficient (Wildman–Crippen LogP) is 3.91. The summed E-state index contributed by atoms with van der Waals surface area (Å²) >= 11 is 11.6. The summed E-state index contributed by atoms with van der Waals surface area (Å²) in [4.78, 5) is 0. The first-order valence-corrected chi connectivity index (χ1v) is 5.02. The Labute approximate surface area is 80.3 Å². The molecule has 0 unspecified atom stereocenters. The van der Waals surface area contributed by atoms with Crippen LogP contribution in [-0.2, 0) is 0 Å². The standard InChI is InChI=1S/C9H18Cl2/c1-8(2,6-10)5-9(3,4)7-11/h5-7H2,1-4H3. The van der Waals surface area contributed by atoms with Crippen LogP contribution in [0, 0.1) is 10.8 Å². The molecule has 0 saturated heterocycles. The highest BCUT2D eigenvalue weighted by Gasteiger charge is 2.27. The molecule has 0 saturated carbocycles. The Hall–Kier alpha value is 0.580. The van der Waals surface area contributed by atoms with Crippen LogP contribution in [0.25, 0.3) is 0 Å². The number of rotatable bonds is 4. The molecule has 0 aliphatic rings. The summed E-state index contributed by atoms with van der Waals surface area (Å²) < 4.78 is 0. The van der Waals surface area contributed by atoms with E-state index in [0.29, 0.717) is 11.8 Å². The summed E-state index contributed by atoms with van der Waals surface area (Å²) in [5.41, 5.74) is 0.417. The van der Waals surface area contributed by atoms with Gasteiger partial charge in [0.25, 0.3) is 0 Å². The second-order valence-electron chi connectivity index (χ2n) is 4.77. The SMILES string of the molecule is CC(C)(CCl)CC(C)(C)CCl. The predicted molar refractivity (Wildman–Crippen MR) is 53.6 cm³/mol. The average molecular weight is 197 g/mol. The van der Waals surface area contributed by atoms with Crippen LogP contribution in [0.2, 0.25) is 0 Å². The number of hydrogen-bond donors (Lipinski definition) is 0. The van der Waals surface area contributed by atoms with Crippen LogP contribution in [-0.4, -0.2) is 11.8 Å². The number of halogens is 2. The Morgan fingerprint density at radius 2 is 1.09 bits per heavy atom. The molecule has 0 atom stereocenters. The average Bonchev–Trinajstić information content (AvgIpc) is 1.86. The van der Waals surface area contributed by atoms with Crippen molar-refractivity contribution in [3.8, 4) is 0 Å². The van der Waals surface area contributed by atoms with Crippen molar-refractivity contribution in [2.24, 2.45) is 10.8 Å². The lowest BCUT2D eigenvalue weighted by Gasteiger charge is -2.31. The van der Waals surface area contributed by atoms with Crippen molar-refractivity contribution in [1.29, 1.82) is 0 Å². The molecule has 0 bridgehead atoms. The van der Waals surface area contributed by atoms with Gasteiger partial charge in [-0.3, -0.25) is 0 Å². The van der Waals surface area contributed by atoms with E-state index < -0.39 is 0 Å². The number of hydrogen-bond acceptors (Lipinski definition) is 0. The molecule has 0 radical (unpaired) electrons. The molecule has 0 aromatic heterocycles. The van der Waals surface area contributed by atoms with Crippen molar-refractivity contribution in [2.75, 3.05) is 11.8 Å². The molecule has 0 amide bonds. The van der Waals surface area contributed by atoms with Crippen molar-refractivity contribution >= 4 is 23.2 Å². The summed E-state index contributed by atoms with van der Waals surface area (Å²) in [6.07, 6.45) is 1.08. The minimum absolute atomic E-state index is 0.208. The first kappa shape index (κ1) is 11.6. The van der Waals surface area contributed by atoms with E-state index in [1.165, 1.54) is 0 Å². The topological polar surface area (TPSA) is 0 Å². The van der Waals surface area contributed by atoms with E-state index in [2.05, 4.69) is 27.7 Å². The first-order valence-electron chi connectivity index (χ1n) is 3.95. The first-order chi connectivity index (χ1) is 4.83. The van der Waals surface area contributed by atoms with Crippen molar-refractivity contribution in [3.63, 3.8) is 0 Å². The smallest absolute Gasteiger partial charge is 0.0274 e. The molecule has 0 aliphatic heterocycles. The molecular weight excluding hydrogens is 179 g/mol. The third-order valence-corrected chi connectivity index (χ3v) is 3.13. The zero-order valence-electron chi connectivity index (χ0n) is 7.88. The van der Waals surface area contributed by atoms with E-state index >= 15 is 0 Å². The third kappa shape index (κ3) is 4.92. The van der Waals surface area contributed by atoms with Gasteiger partial charge in [0.15, 0.2) is 0 Å². The summed E-state index contributed by atoms with van der Waals surface area (Å²) in [5.74, 6) is 1.40. The Bertz CT molecular complexity index is 103. The molecule has 0 aromatic rings. The van der Waals surface area contributed by atoms with Gasteiger partial charge in [0.2, 0.25) is 0 Å². The quantitative estimate of drug-likeness (QED) is 0.599. The van der Waals surface area contributed by atoms with Crippen LogP contribution in [0.15, 0.2) is 0 Å². The van der Waals surface area contributed by atoms with Gasteiger partial charge in [0.1, 0.15) is 0 Å². The monoisotopic (exact) mass is 196 g/mol. The van der Waals surface area contributed by atoms with Gasteiger partial charge in [-0.1, -0.05) is 27.7 Å². The summed E-state index contributed by atoms with van der Waals surface area (Å²) in [7, 11) is 0. The van der Waals surface area contributed by atoms with Crippen LogP contribution in [0.3, 0.4) is 0 Å². The van der Waals surface area contributed by atoms with Gasteiger partial charge in [0.05, 0.1) is 0 Å². The summed E-state index contributed by atoms with van der Waals surface area (Å²) in [6, 6.07) is 0. The van der Waals surface area contributed by atoms with Crippen molar-refractivity contribution < 1.29 is 0 Å². The minimum atomic E-state index is 0.208. The van der Waals surface area contributed by atoms with E-state index in [0.717, 1.165) is 6.42 Å². The highest BCUT2D eigenvalue weighted by atomic mass is 35.5. The second-order valence-corrected chi connectivity index (χ2v) is 5.31. The molecule has 0 N–H and O–H groups in total. The Morgan fingerprint density at radius 1 is 0.818 bits per heavy atom. The highest BCUT2D eigenvalue weighted by molar-refractivity contribution is 6.18. The highest BCUT2D eigenvalue weighted by Crippen LogP contribution is 2.34. The third-order valence-electron chi connectivity index (χ3n) is 1.68. The molecule has 0 aliphatic carbocycles. The molecular formula is C9H18Cl2. The molecule has 0 rings (SSSR count). The van der Waals surface area contributed by atoms with E-state index in [4.69, 9.17) is 23.2 Å². The molecule has 0 heterocycles. The van der Waals surface area contributed by atoms with Gasteiger partial charge >= 0.3 is 0 Å². The zero-order valence-corrected chi connectivity index (χ0v) is 9.39. The van der Waals surface area contributed by atoms with Crippen LogP contribution in [0.4, 0.5) is 0 Å². The Morgan fingerprint density at radius 3 is 1.27 bits per heavy atom. The molecule has 2 heteroatoms. The Kier molecular flexibility index (Phi) is 4.21. The van der Waals surface area contributed by atoms with E-state index in [1.54, 1.807) is 0 Å².